The van der Waals surface area contributed by atoms with Gasteiger partial charge in [0.15, 0.2) is 9.84 Å². The summed E-state index contributed by atoms with van der Waals surface area (Å²) in [7, 11) is -3.16. The van der Waals surface area contributed by atoms with Crippen molar-refractivity contribution in [1.82, 2.24) is 0 Å². The Morgan fingerprint density at radius 2 is 2.00 bits per heavy atom. The van der Waals surface area contributed by atoms with Crippen molar-refractivity contribution in [1.29, 1.82) is 0 Å². The van der Waals surface area contributed by atoms with Crippen molar-refractivity contribution in [3.63, 3.8) is 0 Å². The predicted octanol–water partition coefficient (Wildman–Crippen LogP) is 0.961. The minimum Gasteiger partial charge on any atom is -0.398 e. The summed E-state index contributed by atoms with van der Waals surface area (Å²) in [6.07, 6.45) is 1.14. The van der Waals surface area contributed by atoms with E-state index in [2.05, 4.69) is 12.6 Å². The van der Waals surface area contributed by atoms with Gasteiger partial charge in [-0.1, -0.05) is 0 Å². The number of rotatable bonds is 1. The van der Waals surface area contributed by atoms with Crippen LogP contribution in [-0.4, -0.2) is 14.7 Å². The molecule has 5 heteroatoms. The Kier molecular flexibility index (Phi) is 2.34. The second-order valence-corrected chi connectivity index (χ2v) is 4.99. The minimum atomic E-state index is -3.16. The molecule has 0 aliphatic heterocycles. The standard InChI is InChI=1S/C7H9NO2S2/c1-12(9,10)5-2-3-7(11)6(8)4-5/h2-4,11H,8H2,1H3. The molecule has 0 saturated heterocycles. The van der Waals surface area contributed by atoms with Gasteiger partial charge < -0.3 is 5.73 Å². The van der Waals surface area contributed by atoms with Gasteiger partial charge in [-0.3, -0.25) is 0 Å². The lowest BCUT2D eigenvalue weighted by atomic mass is 10.3. The van der Waals surface area contributed by atoms with Crippen LogP contribution < -0.4 is 5.73 Å². The van der Waals surface area contributed by atoms with E-state index in [-0.39, 0.29) is 4.90 Å². The highest BCUT2D eigenvalue weighted by Crippen LogP contribution is 2.20. The van der Waals surface area contributed by atoms with Gasteiger partial charge in [-0.15, -0.1) is 12.6 Å². The fraction of sp³-hybridized carbons (Fsp3) is 0.143. The molecule has 0 heterocycles. The fourth-order valence-corrected chi connectivity index (χ4v) is 1.56. The summed E-state index contributed by atoms with van der Waals surface area (Å²) >= 11 is 4.02. The van der Waals surface area contributed by atoms with Crippen molar-refractivity contribution in [2.24, 2.45) is 0 Å². The van der Waals surface area contributed by atoms with E-state index < -0.39 is 9.84 Å². The molecular formula is C7H9NO2S2. The molecular weight excluding hydrogens is 194 g/mol. The largest absolute Gasteiger partial charge is 0.398 e. The lowest BCUT2D eigenvalue weighted by molar-refractivity contribution is 0.602. The number of anilines is 1. The topological polar surface area (TPSA) is 60.2 Å². The molecule has 1 aromatic rings. The summed E-state index contributed by atoms with van der Waals surface area (Å²) in [5.74, 6) is 0. The Hall–Kier alpha value is -0.680. The maximum absolute atomic E-state index is 11.0. The Bertz CT molecular complexity index is 398. The van der Waals surface area contributed by atoms with Crippen LogP contribution in [0.4, 0.5) is 5.69 Å². The zero-order valence-corrected chi connectivity index (χ0v) is 8.19. The number of benzene rings is 1. The summed E-state index contributed by atoms with van der Waals surface area (Å²) in [5.41, 5.74) is 5.85. The molecule has 12 heavy (non-hydrogen) atoms. The molecule has 2 N–H and O–H groups in total. The van der Waals surface area contributed by atoms with Crippen LogP contribution in [-0.2, 0) is 9.84 Å². The molecule has 0 amide bonds. The molecule has 0 radical (unpaired) electrons. The highest BCUT2D eigenvalue weighted by molar-refractivity contribution is 7.90. The maximum atomic E-state index is 11.0. The molecule has 0 atom stereocenters. The van der Waals surface area contributed by atoms with Gasteiger partial charge in [0.25, 0.3) is 0 Å². The number of hydrogen-bond donors (Lipinski definition) is 2. The van der Waals surface area contributed by atoms with Crippen molar-refractivity contribution >= 4 is 28.2 Å². The van der Waals surface area contributed by atoms with Crippen LogP contribution >= 0.6 is 12.6 Å². The SMILES string of the molecule is CS(=O)(=O)c1ccc(S)c(N)c1. The van der Waals surface area contributed by atoms with E-state index in [9.17, 15) is 8.42 Å². The monoisotopic (exact) mass is 203 g/mol. The lowest BCUT2D eigenvalue weighted by Gasteiger charge is -2.01. The molecule has 66 valence electrons. The number of sulfone groups is 1. The minimum absolute atomic E-state index is 0.220. The van der Waals surface area contributed by atoms with Crippen molar-refractivity contribution < 1.29 is 8.42 Å². The fourth-order valence-electron chi connectivity index (χ4n) is 0.763. The van der Waals surface area contributed by atoms with Crippen LogP contribution in [0.1, 0.15) is 0 Å². The molecule has 0 aliphatic carbocycles. The first-order valence-corrected chi connectivity index (χ1v) is 5.53. The van der Waals surface area contributed by atoms with Crippen LogP contribution in [0.2, 0.25) is 0 Å². The first-order valence-electron chi connectivity index (χ1n) is 3.20. The molecule has 1 rings (SSSR count). The zero-order valence-electron chi connectivity index (χ0n) is 6.48. The van der Waals surface area contributed by atoms with Crippen LogP contribution in [0.15, 0.2) is 28.0 Å². The number of thiol groups is 1. The van der Waals surface area contributed by atoms with E-state index >= 15 is 0 Å². The quantitative estimate of drug-likeness (QED) is 0.528. The van der Waals surface area contributed by atoms with E-state index in [4.69, 9.17) is 5.73 Å². The number of nitrogens with two attached hydrogens (primary N) is 1. The van der Waals surface area contributed by atoms with Crippen molar-refractivity contribution in [3.05, 3.63) is 18.2 Å². The predicted molar refractivity (Wildman–Crippen MR) is 51.2 cm³/mol. The van der Waals surface area contributed by atoms with Gasteiger partial charge >= 0.3 is 0 Å². The van der Waals surface area contributed by atoms with Crippen molar-refractivity contribution in [2.75, 3.05) is 12.0 Å². The first-order chi connectivity index (χ1) is 5.41. The highest BCUT2D eigenvalue weighted by atomic mass is 32.2. The molecule has 3 nitrogen and oxygen atoms in total. The Labute approximate surface area is 76.9 Å². The van der Waals surface area contributed by atoms with E-state index in [0.29, 0.717) is 10.6 Å². The maximum Gasteiger partial charge on any atom is 0.175 e. The molecule has 0 spiro atoms. The van der Waals surface area contributed by atoms with Crippen molar-refractivity contribution in [2.45, 2.75) is 9.79 Å². The molecule has 0 aliphatic rings. The smallest absolute Gasteiger partial charge is 0.175 e. The summed E-state index contributed by atoms with van der Waals surface area (Å²) in [6, 6.07) is 4.44. The average molecular weight is 203 g/mol. The summed E-state index contributed by atoms with van der Waals surface area (Å²) in [6.45, 7) is 0. The third kappa shape index (κ3) is 1.92. The lowest BCUT2D eigenvalue weighted by Crippen LogP contribution is -1.98. The summed E-state index contributed by atoms with van der Waals surface area (Å²) in [5, 5.41) is 0. The van der Waals surface area contributed by atoms with Crippen LogP contribution in [0.5, 0.6) is 0 Å². The Morgan fingerprint density at radius 3 is 2.42 bits per heavy atom. The number of hydrogen-bond acceptors (Lipinski definition) is 4. The van der Waals surface area contributed by atoms with Crippen LogP contribution in [0.3, 0.4) is 0 Å². The Balaban J connectivity index is 3.33. The van der Waals surface area contributed by atoms with Crippen LogP contribution in [0.25, 0.3) is 0 Å². The van der Waals surface area contributed by atoms with E-state index in [1.807, 2.05) is 0 Å². The normalized spacial score (nSPS) is 11.5. The number of nitrogen functional groups attached to an aromatic ring is 1. The van der Waals surface area contributed by atoms with Gasteiger partial charge in [-0.25, -0.2) is 8.42 Å². The van der Waals surface area contributed by atoms with E-state index in [1.165, 1.54) is 12.1 Å². The average Bonchev–Trinajstić information content (AvgIpc) is 1.92. The molecule has 0 unspecified atom stereocenters. The molecule has 0 bridgehead atoms. The molecule has 0 aromatic heterocycles. The van der Waals surface area contributed by atoms with Gasteiger partial charge in [0.05, 0.1) is 4.90 Å². The summed E-state index contributed by atoms with van der Waals surface area (Å²) in [4.78, 5) is 0.806. The second kappa shape index (κ2) is 2.99. The van der Waals surface area contributed by atoms with Gasteiger partial charge in [-0.2, -0.15) is 0 Å². The second-order valence-electron chi connectivity index (χ2n) is 2.49. The van der Waals surface area contributed by atoms with E-state index in [1.54, 1.807) is 6.07 Å². The summed E-state index contributed by atoms with van der Waals surface area (Å²) < 4.78 is 22.0. The van der Waals surface area contributed by atoms with Gasteiger partial charge in [0.2, 0.25) is 0 Å². The molecule has 0 fully saturated rings. The van der Waals surface area contributed by atoms with Gasteiger partial charge in [0, 0.05) is 16.8 Å². The van der Waals surface area contributed by atoms with Gasteiger partial charge in [-0.05, 0) is 18.2 Å². The third-order valence-electron chi connectivity index (χ3n) is 1.43. The molecule has 1 aromatic carbocycles. The first kappa shape index (κ1) is 9.41. The zero-order chi connectivity index (χ0) is 9.35. The highest BCUT2D eigenvalue weighted by Gasteiger charge is 2.07. The van der Waals surface area contributed by atoms with E-state index in [0.717, 1.165) is 6.26 Å². The van der Waals surface area contributed by atoms with Gasteiger partial charge in [0.1, 0.15) is 0 Å². The van der Waals surface area contributed by atoms with Crippen LogP contribution in [0, 0.1) is 0 Å². The molecule has 0 saturated carbocycles. The Morgan fingerprint density at radius 1 is 1.42 bits per heavy atom. The van der Waals surface area contributed by atoms with Crippen molar-refractivity contribution in [3.8, 4) is 0 Å². The third-order valence-corrected chi connectivity index (χ3v) is 2.94.